The number of benzene rings is 1. The van der Waals surface area contributed by atoms with Crippen LogP contribution >= 0.6 is 27.3 Å². The van der Waals surface area contributed by atoms with E-state index in [1.165, 1.54) is 15.8 Å². The maximum Gasteiger partial charge on any atom is 0.181 e. The van der Waals surface area contributed by atoms with Crippen LogP contribution in [0, 0.1) is 13.8 Å². The molecule has 1 heterocycles. The zero-order chi connectivity index (χ0) is 9.59. The Morgan fingerprint density at radius 3 is 2.85 bits per heavy atom. The molecule has 0 saturated heterocycles. The summed E-state index contributed by atoms with van der Waals surface area (Å²) >= 11 is 5.03. The number of anilines is 1. The van der Waals surface area contributed by atoms with Crippen LogP contribution < -0.4 is 5.73 Å². The Balaban J connectivity index is 2.95. The van der Waals surface area contributed by atoms with Crippen LogP contribution in [0.4, 0.5) is 5.13 Å². The van der Waals surface area contributed by atoms with Gasteiger partial charge < -0.3 is 5.73 Å². The minimum absolute atomic E-state index is 0.629. The smallest absolute Gasteiger partial charge is 0.181 e. The van der Waals surface area contributed by atoms with Crippen LogP contribution in [0.25, 0.3) is 10.2 Å². The minimum atomic E-state index is 0.629. The van der Waals surface area contributed by atoms with E-state index in [0.717, 1.165) is 9.99 Å². The number of nitrogens with zero attached hydrogens (tertiary/aromatic N) is 1. The quantitative estimate of drug-likeness (QED) is 0.786. The molecular formula is C9H9BrN2S. The number of rotatable bonds is 0. The Hall–Kier alpha value is -0.610. The summed E-state index contributed by atoms with van der Waals surface area (Å²) in [5.41, 5.74) is 9.18. The lowest BCUT2D eigenvalue weighted by molar-refractivity contribution is 1.36. The number of thiazole rings is 1. The summed E-state index contributed by atoms with van der Waals surface area (Å²) in [6, 6.07) is 2.08. The molecule has 0 aliphatic rings. The second kappa shape index (κ2) is 2.96. The minimum Gasteiger partial charge on any atom is -0.375 e. The van der Waals surface area contributed by atoms with Gasteiger partial charge in [0.2, 0.25) is 0 Å². The molecule has 2 rings (SSSR count). The average molecular weight is 257 g/mol. The van der Waals surface area contributed by atoms with Gasteiger partial charge in [-0.15, -0.1) is 0 Å². The van der Waals surface area contributed by atoms with Crippen molar-refractivity contribution in [3.63, 3.8) is 0 Å². The lowest BCUT2D eigenvalue weighted by atomic mass is 10.1. The molecule has 2 N–H and O–H groups in total. The number of hydrogen-bond acceptors (Lipinski definition) is 3. The van der Waals surface area contributed by atoms with Crippen LogP contribution in [-0.4, -0.2) is 4.98 Å². The number of aryl methyl sites for hydroxylation is 2. The zero-order valence-corrected chi connectivity index (χ0v) is 9.79. The molecule has 0 atom stereocenters. The van der Waals surface area contributed by atoms with Gasteiger partial charge >= 0.3 is 0 Å². The Bertz CT molecular complexity index is 476. The standard InChI is InChI=1S/C9H9BrN2S/c1-4-3-6(10)7-8(5(4)2)13-9(11)12-7/h3H,1-2H3,(H2,11,12). The van der Waals surface area contributed by atoms with Gasteiger partial charge in [0.1, 0.15) is 0 Å². The highest BCUT2D eigenvalue weighted by molar-refractivity contribution is 9.10. The van der Waals surface area contributed by atoms with Gasteiger partial charge in [-0.25, -0.2) is 4.98 Å². The van der Waals surface area contributed by atoms with Crippen LogP contribution in [0.1, 0.15) is 11.1 Å². The third kappa shape index (κ3) is 1.34. The van der Waals surface area contributed by atoms with Crippen LogP contribution in [0.3, 0.4) is 0 Å². The first-order valence-corrected chi connectivity index (χ1v) is 5.52. The van der Waals surface area contributed by atoms with Crippen molar-refractivity contribution in [2.75, 3.05) is 5.73 Å². The third-order valence-corrected chi connectivity index (χ3v) is 3.75. The van der Waals surface area contributed by atoms with E-state index < -0.39 is 0 Å². The molecule has 0 bridgehead atoms. The maximum absolute atomic E-state index is 5.66. The molecule has 1 aromatic carbocycles. The summed E-state index contributed by atoms with van der Waals surface area (Å²) in [4.78, 5) is 4.26. The SMILES string of the molecule is Cc1cc(Br)c2nc(N)sc2c1C. The van der Waals surface area contributed by atoms with Crippen molar-refractivity contribution >= 4 is 42.6 Å². The van der Waals surface area contributed by atoms with E-state index in [9.17, 15) is 0 Å². The van der Waals surface area contributed by atoms with Crippen molar-refractivity contribution in [2.45, 2.75) is 13.8 Å². The van der Waals surface area contributed by atoms with Crippen molar-refractivity contribution in [3.05, 3.63) is 21.7 Å². The van der Waals surface area contributed by atoms with E-state index in [1.807, 2.05) is 0 Å². The zero-order valence-electron chi connectivity index (χ0n) is 7.39. The third-order valence-electron chi connectivity index (χ3n) is 2.15. The molecule has 13 heavy (non-hydrogen) atoms. The van der Waals surface area contributed by atoms with E-state index in [2.05, 4.69) is 40.8 Å². The largest absolute Gasteiger partial charge is 0.375 e. The normalized spacial score (nSPS) is 11.0. The molecular weight excluding hydrogens is 248 g/mol. The molecule has 0 amide bonds. The van der Waals surface area contributed by atoms with Crippen LogP contribution in [0.5, 0.6) is 0 Å². The molecule has 2 nitrogen and oxygen atoms in total. The topological polar surface area (TPSA) is 38.9 Å². The van der Waals surface area contributed by atoms with E-state index in [1.54, 1.807) is 11.3 Å². The van der Waals surface area contributed by atoms with Gasteiger partial charge in [0.15, 0.2) is 5.13 Å². The fourth-order valence-corrected chi connectivity index (χ4v) is 2.97. The first-order chi connectivity index (χ1) is 6.09. The molecule has 0 unspecified atom stereocenters. The average Bonchev–Trinajstić information content (AvgIpc) is 2.44. The summed E-state index contributed by atoms with van der Waals surface area (Å²) < 4.78 is 2.21. The summed E-state index contributed by atoms with van der Waals surface area (Å²) in [6.45, 7) is 4.19. The van der Waals surface area contributed by atoms with Crippen LogP contribution in [0.2, 0.25) is 0 Å². The van der Waals surface area contributed by atoms with Gasteiger partial charge in [-0.05, 0) is 47.0 Å². The number of halogens is 1. The predicted octanol–water partition coefficient (Wildman–Crippen LogP) is 3.26. The van der Waals surface area contributed by atoms with Crippen LogP contribution in [-0.2, 0) is 0 Å². The van der Waals surface area contributed by atoms with Gasteiger partial charge in [-0.3, -0.25) is 0 Å². The summed E-state index contributed by atoms with van der Waals surface area (Å²) in [6.07, 6.45) is 0. The molecule has 68 valence electrons. The molecule has 0 aliphatic heterocycles. The maximum atomic E-state index is 5.66. The molecule has 0 spiro atoms. The van der Waals surface area contributed by atoms with E-state index in [4.69, 9.17) is 5.73 Å². The highest BCUT2D eigenvalue weighted by atomic mass is 79.9. The van der Waals surface area contributed by atoms with Crippen LogP contribution in [0.15, 0.2) is 10.5 Å². The van der Waals surface area contributed by atoms with Crippen molar-refractivity contribution in [1.29, 1.82) is 0 Å². The number of hydrogen-bond donors (Lipinski definition) is 1. The van der Waals surface area contributed by atoms with Crippen molar-refractivity contribution in [2.24, 2.45) is 0 Å². The predicted molar refractivity (Wildman–Crippen MR) is 61.2 cm³/mol. The van der Waals surface area contributed by atoms with Gasteiger partial charge in [0.25, 0.3) is 0 Å². The molecule has 4 heteroatoms. The number of aromatic nitrogens is 1. The van der Waals surface area contributed by atoms with E-state index in [-0.39, 0.29) is 0 Å². The molecule has 0 radical (unpaired) electrons. The molecule has 0 aliphatic carbocycles. The number of nitrogens with two attached hydrogens (primary N) is 1. The number of fused-ring (bicyclic) bond motifs is 1. The monoisotopic (exact) mass is 256 g/mol. The van der Waals surface area contributed by atoms with E-state index >= 15 is 0 Å². The second-order valence-corrected chi connectivity index (χ2v) is 4.92. The van der Waals surface area contributed by atoms with Crippen molar-refractivity contribution in [1.82, 2.24) is 4.98 Å². The Morgan fingerprint density at radius 2 is 2.15 bits per heavy atom. The summed E-state index contributed by atoms with van der Waals surface area (Å²) in [5.74, 6) is 0. The number of nitrogen functional groups attached to an aromatic ring is 1. The fraction of sp³-hybridized carbons (Fsp3) is 0.222. The Labute approximate surface area is 88.9 Å². The van der Waals surface area contributed by atoms with Gasteiger partial charge in [-0.2, -0.15) is 0 Å². The summed E-state index contributed by atoms with van der Waals surface area (Å²) in [7, 11) is 0. The van der Waals surface area contributed by atoms with E-state index in [0.29, 0.717) is 5.13 Å². The molecule has 2 aromatic rings. The van der Waals surface area contributed by atoms with Gasteiger partial charge in [0.05, 0.1) is 10.2 Å². The molecule has 0 fully saturated rings. The first kappa shape index (κ1) is 8.97. The van der Waals surface area contributed by atoms with Crippen molar-refractivity contribution < 1.29 is 0 Å². The lowest BCUT2D eigenvalue weighted by Gasteiger charge is -2.01. The lowest BCUT2D eigenvalue weighted by Crippen LogP contribution is -1.83. The first-order valence-electron chi connectivity index (χ1n) is 3.91. The Morgan fingerprint density at radius 1 is 1.46 bits per heavy atom. The summed E-state index contributed by atoms with van der Waals surface area (Å²) in [5, 5.41) is 0.629. The molecule has 1 aromatic heterocycles. The second-order valence-electron chi connectivity index (χ2n) is 3.03. The fourth-order valence-electron chi connectivity index (χ4n) is 1.30. The Kier molecular flexibility index (Phi) is 2.04. The van der Waals surface area contributed by atoms with Gasteiger partial charge in [0, 0.05) is 4.47 Å². The van der Waals surface area contributed by atoms with Gasteiger partial charge in [-0.1, -0.05) is 11.3 Å². The highest BCUT2D eigenvalue weighted by Crippen LogP contribution is 2.33. The van der Waals surface area contributed by atoms with Crippen molar-refractivity contribution in [3.8, 4) is 0 Å². The highest BCUT2D eigenvalue weighted by Gasteiger charge is 2.09. The molecule has 0 saturated carbocycles.